The lowest BCUT2D eigenvalue weighted by Crippen LogP contribution is -2.28. The monoisotopic (exact) mass is 831 g/mol. The summed E-state index contributed by atoms with van der Waals surface area (Å²) >= 11 is 0. The summed E-state index contributed by atoms with van der Waals surface area (Å²) in [5.74, 6) is -1.01. The minimum atomic E-state index is -4.63. The van der Waals surface area contributed by atoms with Crippen LogP contribution in [-0.2, 0) is 32.7 Å². The molecule has 3 atom stereocenters. The predicted octanol–water partition coefficient (Wildman–Crippen LogP) is 12.6. The van der Waals surface area contributed by atoms with Crippen LogP contribution in [0.1, 0.15) is 219 Å². The zero-order valence-corrected chi connectivity index (χ0v) is 37.5. The van der Waals surface area contributed by atoms with Gasteiger partial charge in [0, 0.05) is 12.8 Å². The standard InChI is InChI=1S/C46H87O10P/c1-3-5-7-9-11-13-15-16-17-18-19-20-21-22-23-24-25-26-28-30-32-34-36-38-46(50)56-44(40-48)42-54-57(51,52)53-41-43(39-47)55-45(49)37-35-33-31-29-27-14-12-10-8-6-4-2/h15-16,18-19,43-44,47-48H,3-14,17,20-42H2,1-2H3,(H,51,52)/b16-15-,19-18-. The molecule has 57 heavy (non-hydrogen) atoms. The Labute approximate surface area is 348 Å². The van der Waals surface area contributed by atoms with Crippen molar-refractivity contribution in [3.05, 3.63) is 24.3 Å². The van der Waals surface area contributed by atoms with Crippen molar-refractivity contribution in [3.63, 3.8) is 0 Å². The number of phosphoric acid groups is 1. The molecular weight excluding hydrogens is 743 g/mol. The van der Waals surface area contributed by atoms with Crippen LogP contribution >= 0.6 is 7.82 Å². The fraction of sp³-hybridized carbons (Fsp3) is 0.870. The average Bonchev–Trinajstić information content (AvgIpc) is 3.20. The van der Waals surface area contributed by atoms with Crippen LogP contribution in [0.3, 0.4) is 0 Å². The highest BCUT2D eigenvalue weighted by Crippen LogP contribution is 2.43. The number of ether oxygens (including phenoxy) is 2. The van der Waals surface area contributed by atoms with E-state index < -0.39 is 58.4 Å². The van der Waals surface area contributed by atoms with Crippen LogP contribution in [0.25, 0.3) is 0 Å². The van der Waals surface area contributed by atoms with Crippen LogP contribution in [0.2, 0.25) is 0 Å². The number of aliphatic hydroxyl groups excluding tert-OH is 2. The molecule has 0 saturated heterocycles. The van der Waals surface area contributed by atoms with E-state index in [-0.39, 0.29) is 12.8 Å². The Kier molecular flexibility index (Phi) is 41.4. The van der Waals surface area contributed by atoms with Gasteiger partial charge < -0.3 is 24.6 Å². The molecule has 0 fully saturated rings. The third-order valence-corrected chi connectivity index (χ3v) is 11.1. The summed E-state index contributed by atoms with van der Waals surface area (Å²) in [6.07, 6.45) is 43.0. The topological polar surface area (TPSA) is 149 Å². The van der Waals surface area contributed by atoms with Crippen LogP contribution < -0.4 is 0 Å². The Balaban J connectivity index is 3.83. The van der Waals surface area contributed by atoms with E-state index >= 15 is 0 Å². The number of hydrogen-bond acceptors (Lipinski definition) is 9. The van der Waals surface area contributed by atoms with Gasteiger partial charge in [-0.15, -0.1) is 0 Å². The normalized spacial score (nSPS) is 14.0. The molecule has 0 aromatic carbocycles. The van der Waals surface area contributed by atoms with Crippen LogP contribution in [-0.4, -0.2) is 65.7 Å². The van der Waals surface area contributed by atoms with Crippen molar-refractivity contribution in [2.45, 2.75) is 232 Å². The first-order valence-electron chi connectivity index (χ1n) is 23.3. The van der Waals surface area contributed by atoms with E-state index in [1.54, 1.807) is 0 Å². The van der Waals surface area contributed by atoms with Gasteiger partial charge in [0.05, 0.1) is 26.4 Å². The molecule has 3 N–H and O–H groups in total. The van der Waals surface area contributed by atoms with Gasteiger partial charge in [-0.25, -0.2) is 4.57 Å². The minimum absolute atomic E-state index is 0.192. The summed E-state index contributed by atoms with van der Waals surface area (Å²) in [7, 11) is -4.63. The highest BCUT2D eigenvalue weighted by molar-refractivity contribution is 7.47. The Morgan fingerprint density at radius 1 is 0.474 bits per heavy atom. The third-order valence-electron chi connectivity index (χ3n) is 10.2. The van der Waals surface area contributed by atoms with E-state index in [2.05, 4.69) is 38.2 Å². The zero-order chi connectivity index (χ0) is 41.9. The van der Waals surface area contributed by atoms with Gasteiger partial charge in [0.15, 0.2) is 0 Å². The van der Waals surface area contributed by atoms with E-state index in [4.69, 9.17) is 18.5 Å². The van der Waals surface area contributed by atoms with E-state index in [9.17, 15) is 29.3 Å². The summed E-state index contributed by atoms with van der Waals surface area (Å²) < 4.78 is 32.6. The Hall–Kier alpha value is -1.55. The van der Waals surface area contributed by atoms with Gasteiger partial charge in [-0.05, 0) is 44.9 Å². The molecule has 0 saturated carbocycles. The number of phosphoric ester groups is 1. The van der Waals surface area contributed by atoms with Crippen molar-refractivity contribution in [3.8, 4) is 0 Å². The maximum Gasteiger partial charge on any atom is 0.472 e. The van der Waals surface area contributed by atoms with Gasteiger partial charge in [-0.1, -0.05) is 186 Å². The molecule has 0 rings (SSSR count). The molecule has 0 aliphatic heterocycles. The highest BCUT2D eigenvalue weighted by Gasteiger charge is 2.27. The molecule has 0 radical (unpaired) electrons. The first kappa shape index (κ1) is 55.5. The number of aliphatic hydroxyl groups is 2. The van der Waals surface area contributed by atoms with Crippen LogP contribution in [0.15, 0.2) is 24.3 Å². The van der Waals surface area contributed by atoms with E-state index in [1.165, 1.54) is 135 Å². The lowest BCUT2D eigenvalue weighted by Gasteiger charge is -2.20. The lowest BCUT2D eigenvalue weighted by atomic mass is 10.0. The fourth-order valence-corrected chi connectivity index (χ4v) is 7.34. The molecule has 3 unspecified atom stereocenters. The molecule has 0 bridgehead atoms. The van der Waals surface area contributed by atoms with E-state index in [0.29, 0.717) is 12.8 Å². The van der Waals surface area contributed by atoms with E-state index in [0.717, 1.165) is 44.9 Å². The van der Waals surface area contributed by atoms with Gasteiger partial charge >= 0.3 is 19.8 Å². The number of esters is 2. The third kappa shape index (κ3) is 41.0. The summed E-state index contributed by atoms with van der Waals surface area (Å²) in [6, 6.07) is 0. The van der Waals surface area contributed by atoms with Crippen LogP contribution in [0.4, 0.5) is 0 Å². The maximum atomic E-state index is 12.4. The van der Waals surface area contributed by atoms with Crippen LogP contribution in [0.5, 0.6) is 0 Å². The Bertz CT molecular complexity index is 1000. The summed E-state index contributed by atoms with van der Waals surface area (Å²) in [6.45, 7) is 2.21. The van der Waals surface area contributed by atoms with Crippen molar-refractivity contribution in [1.29, 1.82) is 0 Å². The second kappa shape index (κ2) is 42.6. The van der Waals surface area contributed by atoms with Crippen LogP contribution in [0, 0.1) is 0 Å². The smallest absolute Gasteiger partial charge is 0.457 e. The van der Waals surface area contributed by atoms with Gasteiger partial charge in [-0.3, -0.25) is 18.6 Å². The number of hydrogen-bond donors (Lipinski definition) is 3. The van der Waals surface area contributed by atoms with Crippen molar-refractivity contribution >= 4 is 19.8 Å². The molecule has 0 amide bonds. The Morgan fingerprint density at radius 3 is 1.09 bits per heavy atom. The molecule has 0 spiro atoms. The maximum absolute atomic E-state index is 12.4. The van der Waals surface area contributed by atoms with Gasteiger partial charge in [0.25, 0.3) is 0 Å². The molecule has 336 valence electrons. The largest absolute Gasteiger partial charge is 0.472 e. The summed E-state index contributed by atoms with van der Waals surface area (Å²) in [4.78, 5) is 34.5. The average molecular weight is 831 g/mol. The van der Waals surface area contributed by atoms with Crippen molar-refractivity contribution in [2.75, 3.05) is 26.4 Å². The molecule has 0 aromatic rings. The quantitative estimate of drug-likeness (QED) is 0.0234. The van der Waals surface area contributed by atoms with E-state index in [1.807, 2.05) is 0 Å². The van der Waals surface area contributed by atoms with Crippen molar-refractivity contribution in [2.24, 2.45) is 0 Å². The summed E-state index contributed by atoms with van der Waals surface area (Å²) in [5, 5.41) is 19.2. The van der Waals surface area contributed by atoms with Gasteiger partial charge in [-0.2, -0.15) is 0 Å². The number of unbranched alkanes of at least 4 members (excludes halogenated alkanes) is 26. The fourth-order valence-electron chi connectivity index (χ4n) is 6.56. The number of allylic oxidation sites excluding steroid dienone is 4. The lowest BCUT2D eigenvalue weighted by molar-refractivity contribution is -0.153. The first-order chi connectivity index (χ1) is 27.8. The van der Waals surface area contributed by atoms with Crippen molar-refractivity contribution in [1.82, 2.24) is 0 Å². The summed E-state index contributed by atoms with van der Waals surface area (Å²) in [5.41, 5.74) is 0. The second-order valence-corrected chi connectivity index (χ2v) is 17.2. The molecule has 11 heteroatoms. The number of carbonyl (C=O) groups excluding carboxylic acids is 2. The number of rotatable bonds is 44. The van der Waals surface area contributed by atoms with Crippen molar-refractivity contribution < 1.29 is 47.8 Å². The SMILES string of the molecule is CCCCCCC/C=C\C/C=C\CCCCCCCCCCCCCC(=O)OC(CO)COP(=O)(O)OCC(CO)OC(=O)CCCCCCCCCCCCC. The zero-order valence-electron chi connectivity index (χ0n) is 36.6. The molecule has 0 aliphatic carbocycles. The molecule has 0 heterocycles. The Morgan fingerprint density at radius 2 is 0.772 bits per heavy atom. The van der Waals surface area contributed by atoms with Gasteiger partial charge in [0.2, 0.25) is 0 Å². The molecular formula is C46H87O10P. The molecule has 10 nitrogen and oxygen atoms in total. The van der Waals surface area contributed by atoms with Gasteiger partial charge in [0.1, 0.15) is 12.2 Å². The minimum Gasteiger partial charge on any atom is -0.457 e. The first-order valence-corrected chi connectivity index (χ1v) is 24.8. The number of carbonyl (C=O) groups is 2. The molecule has 0 aliphatic rings. The molecule has 0 aromatic heterocycles. The predicted molar refractivity (Wildman–Crippen MR) is 233 cm³/mol. The second-order valence-electron chi connectivity index (χ2n) is 15.7. The highest BCUT2D eigenvalue weighted by atomic mass is 31.2.